The largest absolute Gasteiger partial charge is 0.354 e. The molecular formula is C21H26BrN3O3. The molecule has 0 bridgehead atoms. The van der Waals surface area contributed by atoms with E-state index in [-0.39, 0.29) is 30.6 Å². The van der Waals surface area contributed by atoms with Crippen molar-refractivity contribution in [2.24, 2.45) is 0 Å². The predicted molar refractivity (Wildman–Crippen MR) is 114 cm³/mol. The molecule has 0 atom stereocenters. The van der Waals surface area contributed by atoms with Crippen LogP contribution < -0.4 is 10.6 Å². The second-order valence-corrected chi connectivity index (χ2v) is 7.71. The number of H-pyrrole nitrogens is 1. The van der Waals surface area contributed by atoms with Crippen LogP contribution in [0.15, 0.2) is 22.7 Å². The minimum Gasteiger partial charge on any atom is -0.354 e. The molecule has 0 spiro atoms. The molecule has 0 saturated heterocycles. The monoisotopic (exact) mass is 447 g/mol. The summed E-state index contributed by atoms with van der Waals surface area (Å²) in [5, 5.41) is 5.62. The van der Waals surface area contributed by atoms with Gasteiger partial charge in [-0.2, -0.15) is 0 Å². The number of ketones is 1. The molecule has 6 nitrogen and oxygen atoms in total. The maximum absolute atomic E-state index is 12.6. The summed E-state index contributed by atoms with van der Waals surface area (Å²) in [6.45, 7) is 7.42. The Hall–Kier alpha value is -2.41. The first-order valence-electron chi connectivity index (χ1n) is 9.31. The zero-order valence-electron chi connectivity index (χ0n) is 16.7. The van der Waals surface area contributed by atoms with E-state index >= 15 is 0 Å². The van der Waals surface area contributed by atoms with E-state index in [1.165, 1.54) is 6.92 Å². The summed E-state index contributed by atoms with van der Waals surface area (Å²) in [5.74, 6) is -0.534. The Labute approximate surface area is 173 Å². The minimum absolute atomic E-state index is 0.0555. The molecule has 3 N–H and O–H groups in total. The molecule has 0 aliphatic carbocycles. The topological polar surface area (TPSA) is 91.1 Å². The number of carbonyl (C=O) groups excluding carboxylic acids is 3. The fraction of sp³-hybridized carbons (Fsp3) is 0.381. The Balaban J connectivity index is 1.99. The summed E-state index contributed by atoms with van der Waals surface area (Å²) in [7, 11) is 0. The number of halogens is 1. The number of aryl methyl sites for hydroxylation is 2. The first-order valence-corrected chi connectivity index (χ1v) is 10.1. The van der Waals surface area contributed by atoms with Crippen molar-refractivity contribution in [1.82, 2.24) is 10.3 Å². The lowest BCUT2D eigenvalue weighted by molar-refractivity contribution is -0.116. The molecule has 0 fully saturated rings. The number of aromatic amines is 1. The molecule has 2 amide bonds. The van der Waals surface area contributed by atoms with Crippen molar-refractivity contribution in [3.8, 4) is 0 Å². The van der Waals surface area contributed by atoms with Crippen LogP contribution in [0.1, 0.15) is 64.4 Å². The summed E-state index contributed by atoms with van der Waals surface area (Å²) in [6.07, 6.45) is 1.62. The first kappa shape index (κ1) is 21.9. The summed E-state index contributed by atoms with van der Waals surface area (Å²) >= 11 is 3.39. The standard InChI is InChI=1S/C21H26BrN3O3/c1-5-6-16-19(14(4)26)13(3)24-20(16)21(28)23-10-9-18(27)25-17-11-15(22)8-7-12(17)2/h7-8,11,24H,5-6,9-10H2,1-4H3,(H,23,28)(H,25,27). The summed E-state index contributed by atoms with van der Waals surface area (Å²) in [6, 6.07) is 5.66. The van der Waals surface area contributed by atoms with Crippen molar-refractivity contribution < 1.29 is 14.4 Å². The number of Topliss-reactive ketones (excluding diaryl/α,β-unsaturated/α-hetero) is 1. The lowest BCUT2D eigenvalue weighted by Gasteiger charge is -2.10. The van der Waals surface area contributed by atoms with E-state index in [0.29, 0.717) is 23.4 Å². The molecule has 0 aliphatic rings. The van der Waals surface area contributed by atoms with Crippen molar-refractivity contribution in [1.29, 1.82) is 0 Å². The van der Waals surface area contributed by atoms with E-state index in [1.54, 1.807) is 6.92 Å². The lowest BCUT2D eigenvalue weighted by Crippen LogP contribution is -2.28. The highest BCUT2D eigenvalue weighted by Crippen LogP contribution is 2.22. The number of hydrogen-bond donors (Lipinski definition) is 3. The molecule has 7 heteroatoms. The maximum atomic E-state index is 12.6. The number of carbonyl (C=O) groups is 3. The predicted octanol–water partition coefficient (Wildman–Crippen LogP) is 4.31. The zero-order valence-corrected chi connectivity index (χ0v) is 18.2. The van der Waals surface area contributed by atoms with Crippen LogP contribution in [0.3, 0.4) is 0 Å². The van der Waals surface area contributed by atoms with Gasteiger partial charge in [-0.3, -0.25) is 14.4 Å². The third kappa shape index (κ3) is 5.32. The Morgan fingerprint density at radius 2 is 1.89 bits per heavy atom. The molecule has 1 aromatic heterocycles. The molecular weight excluding hydrogens is 422 g/mol. The van der Waals surface area contributed by atoms with Crippen molar-refractivity contribution >= 4 is 39.2 Å². The Morgan fingerprint density at radius 1 is 1.18 bits per heavy atom. The van der Waals surface area contributed by atoms with Gasteiger partial charge in [0.15, 0.2) is 5.78 Å². The molecule has 1 heterocycles. The smallest absolute Gasteiger partial charge is 0.268 e. The highest BCUT2D eigenvalue weighted by Gasteiger charge is 2.22. The van der Waals surface area contributed by atoms with Gasteiger partial charge in [0.25, 0.3) is 5.91 Å². The van der Waals surface area contributed by atoms with E-state index in [9.17, 15) is 14.4 Å². The van der Waals surface area contributed by atoms with Crippen LogP contribution in [-0.2, 0) is 11.2 Å². The first-order chi connectivity index (χ1) is 13.2. The average Bonchev–Trinajstić information content (AvgIpc) is 2.95. The lowest BCUT2D eigenvalue weighted by atomic mass is 10.0. The Morgan fingerprint density at radius 3 is 2.54 bits per heavy atom. The van der Waals surface area contributed by atoms with Gasteiger partial charge in [-0.05, 0) is 50.5 Å². The molecule has 0 saturated carbocycles. The number of aromatic nitrogens is 1. The third-order valence-electron chi connectivity index (χ3n) is 4.48. The van der Waals surface area contributed by atoms with Crippen molar-refractivity contribution in [2.45, 2.75) is 47.0 Å². The van der Waals surface area contributed by atoms with Gasteiger partial charge in [0.05, 0.1) is 0 Å². The highest BCUT2D eigenvalue weighted by molar-refractivity contribution is 9.10. The van der Waals surface area contributed by atoms with Gasteiger partial charge < -0.3 is 15.6 Å². The third-order valence-corrected chi connectivity index (χ3v) is 4.97. The van der Waals surface area contributed by atoms with E-state index in [2.05, 4.69) is 31.5 Å². The summed E-state index contributed by atoms with van der Waals surface area (Å²) < 4.78 is 0.883. The van der Waals surface area contributed by atoms with Crippen LogP contribution >= 0.6 is 15.9 Å². The second kappa shape index (κ2) is 9.68. The zero-order chi connectivity index (χ0) is 20.8. The highest BCUT2D eigenvalue weighted by atomic mass is 79.9. The number of nitrogens with one attached hydrogen (secondary N) is 3. The van der Waals surface area contributed by atoms with Gasteiger partial charge in [0, 0.05) is 34.4 Å². The molecule has 0 unspecified atom stereocenters. The van der Waals surface area contributed by atoms with E-state index < -0.39 is 0 Å². The van der Waals surface area contributed by atoms with Crippen molar-refractivity contribution in [3.05, 3.63) is 50.8 Å². The van der Waals surface area contributed by atoms with E-state index in [4.69, 9.17) is 0 Å². The van der Waals surface area contributed by atoms with E-state index in [0.717, 1.165) is 27.7 Å². The van der Waals surface area contributed by atoms with Gasteiger partial charge >= 0.3 is 0 Å². The van der Waals surface area contributed by atoms with Crippen LogP contribution in [0.2, 0.25) is 0 Å². The summed E-state index contributed by atoms with van der Waals surface area (Å²) in [5.41, 5.74) is 4.15. The van der Waals surface area contributed by atoms with Gasteiger partial charge in [-0.15, -0.1) is 0 Å². The van der Waals surface area contributed by atoms with E-state index in [1.807, 2.05) is 32.0 Å². The fourth-order valence-electron chi connectivity index (χ4n) is 3.17. The second-order valence-electron chi connectivity index (χ2n) is 6.80. The number of hydrogen-bond acceptors (Lipinski definition) is 3. The molecule has 0 aliphatic heterocycles. The molecule has 0 radical (unpaired) electrons. The van der Waals surface area contributed by atoms with Gasteiger partial charge in [0.1, 0.15) is 5.69 Å². The van der Waals surface area contributed by atoms with Gasteiger partial charge in [-0.25, -0.2) is 0 Å². The number of anilines is 1. The number of rotatable bonds is 8. The van der Waals surface area contributed by atoms with Crippen LogP contribution in [-0.4, -0.2) is 29.1 Å². The van der Waals surface area contributed by atoms with Crippen molar-refractivity contribution in [2.75, 3.05) is 11.9 Å². The van der Waals surface area contributed by atoms with Crippen LogP contribution in [0, 0.1) is 13.8 Å². The van der Waals surface area contributed by atoms with Crippen LogP contribution in [0.5, 0.6) is 0 Å². The number of benzene rings is 1. The Bertz CT molecular complexity index is 903. The number of amides is 2. The molecule has 28 heavy (non-hydrogen) atoms. The quantitative estimate of drug-likeness (QED) is 0.526. The summed E-state index contributed by atoms with van der Waals surface area (Å²) in [4.78, 5) is 39.7. The fourth-order valence-corrected chi connectivity index (χ4v) is 3.53. The van der Waals surface area contributed by atoms with Crippen LogP contribution in [0.25, 0.3) is 0 Å². The SMILES string of the molecule is CCCc1c(C(=O)NCCC(=O)Nc2cc(Br)ccc2C)[nH]c(C)c1C(C)=O. The average molecular weight is 448 g/mol. The normalized spacial score (nSPS) is 10.6. The minimum atomic E-state index is -0.300. The van der Waals surface area contributed by atoms with Gasteiger partial charge in [0.2, 0.25) is 5.91 Å². The Kier molecular flexibility index (Phi) is 7.57. The molecule has 150 valence electrons. The molecule has 2 aromatic rings. The molecule has 1 aromatic carbocycles. The van der Waals surface area contributed by atoms with Crippen LogP contribution in [0.4, 0.5) is 5.69 Å². The molecule has 2 rings (SSSR count). The maximum Gasteiger partial charge on any atom is 0.268 e. The van der Waals surface area contributed by atoms with Gasteiger partial charge in [-0.1, -0.05) is 35.3 Å². The van der Waals surface area contributed by atoms with Crippen molar-refractivity contribution in [3.63, 3.8) is 0 Å².